The van der Waals surface area contributed by atoms with Gasteiger partial charge in [0.05, 0.1) is 5.60 Å². The topological polar surface area (TPSA) is 49.7 Å². The third-order valence-electron chi connectivity index (χ3n) is 3.51. The summed E-state index contributed by atoms with van der Waals surface area (Å²) in [5.41, 5.74) is 1.76. The molecule has 0 amide bonds. The van der Waals surface area contributed by atoms with Gasteiger partial charge < -0.3 is 14.3 Å². The van der Waals surface area contributed by atoms with Crippen molar-refractivity contribution in [1.29, 1.82) is 0 Å². The van der Waals surface area contributed by atoms with Gasteiger partial charge in [0.1, 0.15) is 0 Å². The second-order valence-corrected chi connectivity index (χ2v) is 6.13. The molecule has 0 bridgehead atoms. The Morgan fingerprint density at radius 3 is 1.95 bits per heavy atom. The average Bonchev–Trinajstić information content (AvgIpc) is 2.46. The highest BCUT2D eigenvalue weighted by Crippen LogP contribution is 2.37. The van der Waals surface area contributed by atoms with Crippen LogP contribution in [0.5, 0.6) is 0 Å². The first kappa shape index (κ1) is 16.1. The normalized spacial score (nSPS) is 14.1. The summed E-state index contributed by atoms with van der Waals surface area (Å²) < 4.78 is 5.44. The van der Waals surface area contributed by atoms with Crippen LogP contribution < -0.4 is 0 Å². The Morgan fingerprint density at radius 2 is 1.43 bits per heavy atom. The van der Waals surface area contributed by atoms with E-state index in [1.165, 1.54) is 5.56 Å². The molecule has 2 rings (SSSR count). The minimum absolute atomic E-state index is 0.591. The molecule has 2 aromatic rings. The number of aryl methyl sites for hydroxylation is 1. The van der Waals surface area contributed by atoms with E-state index in [-0.39, 0.29) is 0 Å². The Hall–Kier alpha value is -1.25. The molecule has 3 nitrogen and oxygen atoms in total. The van der Waals surface area contributed by atoms with Crippen LogP contribution in [0.3, 0.4) is 0 Å². The third-order valence-corrected chi connectivity index (χ3v) is 4.11. The van der Waals surface area contributed by atoms with Crippen LogP contribution in [0.1, 0.15) is 24.5 Å². The monoisotopic (exact) mass is 304 g/mol. The number of rotatable bonds is 7. The van der Waals surface area contributed by atoms with E-state index in [0.717, 1.165) is 18.4 Å². The molecule has 0 aromatic heterocycles. The second-order valence-electron chi connectivity index (χ2n) is 5.44. The second kappa shape index (κ2) is 7.67. The van der Waals surface area contributed by atoms with E-state index in [2.05, 4.69) is 12.1 Å². The van der Waals surface area contributed by atoms with Gasteiger partial charge in [-0.15, -0.1) is 0 Å². The SMILES string of the molecule is CC(CCc1ccccc1)(Cc1ccccc1)OP(O)O. The number of hydrogen-bond acceptors (Lipinski definition) is 3. The summed E-state index contributed by atoms with van der Waals surface area (Å²) in [7, 11) is -2.37. The predicted octanol–water partition coefficient (Wildman–Crippen LogP) is 3.85. The highest BCUT2D eigenvalue weighted by molar-refractivity contribution is 7.39. The van der Waals surface area contributed by atoms with Gasteiger partial charge in [0.15, 0.2) is 0 Å². The van der Waals surface area contributed by atoms with Gasteiger partial charge in [-0.2, -0.15) is 0 Å². The highest BCUT2D eigenvalue weighted by Gasteiger charge is 2.28. The first-order valence-electron chi connectivity index (χ1n) is 7.02. The minimum Gasteiger partial charge on any atom is -0.328 e. The van der Waals surface area contributed by atoms with Crippen molar-refractivity contribution in [1.82, 2.24) is 0 Å². The van der Waals surface area contributed by atoms with Crippen LogP contribution >= 0.6 is 8.60 Å². The Kier molecular flexibility index (Phi) is 5.89. The van der Waals surface area contributed by atoms with Crippen molar-refractivity contribution in [3.63, 3.8) is 0 Å². The lowest BCUT2D eigenvalue weighted by atomic mass is 9.90. The molecule has 4 heteroatoms. The molecule has 21 heavy (non-hydrogen) atoms. The summed E-state index contributed by atoms with van der Waals surface area (Å²) in [6.07, 6.45) is 2.22. The molecule has 1 atom stereocenters. The van der Waals surface area contributed by atoms with Crippen molar-refractivity contribution in [2.45, 2.75) is 31.8 Å². The van der Waals surface area contributed by atoms with Gasteiger partial charge in [0, 0.05) is 6.42 Å². The van der Waals surface area contributed by atoms with Gasteiger partial charge in [0.25, 0.3) is 0 Å². The van der Waals surface area contributed by atoms with Gasteiger partial charge in [-0.1, -0.05) is 60.7 Å². The Labute approximate surface area is 127 Å². The zero-order chi connectivity index (χ0) is 15.1. The van der Waals surface area contributed by atoms with Crippen molar-refractivity contribution in [2.24, 2.45) is 0 Å². The van der Waals surface area contributed by atoms with Gasteiger partial charge in [-0.3, -0.25) is 0 Å². The van der Waals surface area contributed by atoms with Crippen LogP contribution in [0.25, 0.3) is 0 Å². The van der Waals surface area contributed by atoms with E-state index in [4.69, 9.17) is 4.52 Å². The lowest BCUT2D eigenvalue weighted by molar-refractivity contribution is 0.0642. The highest BCUT2D eigenvalue weighted by atomic mass is 31.2. The minimum atomic E-state index is -2.37. The zero-order valence-electron chi connectivity index (χ0n) is 12.1. The molecule has 0 aliphatic carbocycles. The maximum Gasteiger partial charge on any atom is 0.327 e. The van der Waals surface area contributed by atoms with Crippen LogP contribution in [-0.4, -0.2) is 15.4 Å². The molecule has 0 fully saturated rings. The Bertz CT molecular complexity index is 530. The summed E-state index contributed by atoms with van der Waals surface area (Å²) in [6.45, 7) is 1.94. The molecular formula is C17H21O3P. The fourth-order valence-electron chi connectivity index (χ4n) is 2.44. The summed E-state index contributed by atoms with van der Waals surface area (Å²) in [5.74, 6) is 0. The van der Waals surface area contributed by atoms with Crippen molar-refractivity contribution in [3.05, 3.63) is 71.8 Å². The smallest absolute Gasteiger partial charge is 0.327 e. The van der Waals surface area contributed by atoms with E-state index in [1.807, 2.05) is 55.5 Å². The molecule has 0 aliphatic heterocycles. The molecule has 0 aliphatic rings. The molecule has 0 saturated heterocycles. The molecule has 0 heterocycles. The molecule has 2 aromatic carbocycles. The first-order chi connectivity index (χ1) is 10.1. The molecule has 0 saturated carbocycles. The first-order valence-corrected chi connectivity index (χ1v) is 8.19. The van der Waals surface area contributed by atoms with Crippen LogP contribution in [0.4, 0.5) is 0 Å². The quantitative estimate of drug-likeness (QED) is 0.764. The number of benzene rings is 2. The van der Waals surface area contributed by atoms with E-state index in [1.54, 1.807) is 0 Å². The van der Waals surface area contributed by atoms with Gasteiger partial charge >= 0.3 is 8.60 Å². The van der Waals surface area contributed by atoms with Gasteiger partial charge in [-0.25, -0.2) is 0 Å². The van der Waals surface area contributed by atoms with Crippen LogP contribution in [0.15, 0.2) is 60.7 Å². The largest absolute Gasteiger partial charge is 0.328 e. The molecule has 2 N–H and O–H groups in total. The summed E-state index contributed by atoms with van der Waals surface area (Å²) in [6, 6.07) is 20.1. The molecular weight excluding hydrogens is 283 g/mol. The van der Waals surface area contributed by atoms with E-state index in [9.17, 15) is 9.79 Å². The van der Waals surface area contributed by atoms with E-state index < -0.39 is 14.2 Å². The van der Waals surface area contributed by atoms with Crippen molar-refractivity contribution in [2.75, 3.05) is 0 Å². The Morgan fingerprint density at radius 1 is 0.905 bits per heavy atom. The summed E-state index contributed by atoms with van der Waals surface area (Å²) in [5, 5.41) is 0. The van der Waals surface area contributed by atoms with Crippen molar-refractivity contribution < 1.29 is 14.3 Å². The average molecular weight is 304 g/mol. The van der Waals surface area contributed by atoms with Crippen LogP contribution in [0, 0.1) is 0 Å². The molecule has 1 unspecified atom stereocenters. The van der Waals surface area contributed by atoms with Crippen LogP contribution in [-0.2, 0) is 17.4 Å². The number of hydrogen-bond donors (Lipinski definition) is 2. The van der Waals surface area contributed by atoms with E-state index >= 15 is 0 Å². The zero-order valence-corrected chi connectivity index (χ0v) is 13.0. The van der Waals surface area contributed by atoms with Gasteiger partial charge in [0.2, 0.25) is 0 Å². The van der Waals surface area contributed by atoms with Crippen molar-refractivity contribution >= 4 is 8.60 Å². The maximum absolute atomic E-state index is 9.26. The van der Waals surface area contributed by atoms with Gasteiger partial charge in [-0.05, 0) is 30.9 Å². The predicted molar refractivity (Wildman–Crippen MR) is 85.8 cm³/mol. The standard InChI is InChI=1S/C17H21O3P/c1-17(20-21(18)19,14-16-10-6-3-7-11-16)13-12-15-8-4-2-5-9-15/h2-11,18-19H,12-14H2,1H3. The Balaban J connectivity index is 2.05. The third kappa shape index (κ3) is 5.56. The molecule has 0 spiro atoms. The molecule has 0 radical (unpaired) electrons. The fraction of sp³-hybridized carbons (Fsp3) is 0.294. The maximum atomic E-state index is 9.26. The van der Waals surface area contributed by atoms with Crippen LogP contribution in [0.2, 0.25) is 0 Å². The summed E-state index contributed by atoms with van der Waals surface area (Å²) in [4.78, 5) is 18.5. The summed E-state index contributed by atoms with van der Waals surface area (Å²) >= 11 is 0. The lowest BCUT2D eigenvalue weighted by Gasteiger charge is -2.30. The van der Waals surface area contributed by atoms with Crippen molar-refractivity contribution in [3.8, 4) is 0 Å². The molecule has 112 valence electrons. The fourth-order valence-corrected chi connectivity index (χ4v) is 2.99. The van der Waals surface area contributed by atoms with E-state index in [0.29, 0.717) is 6.42 Å². The lowest BCUT2D eigenvalue weighted by Crippen LogP contribution is -2.30.